The normalized spacial score (nSPS) is 10.3. The van der Waals surface area contributed by atoms with Crippen molar-refractivity contribution >= 4 is 22.6 Å². The first-order valence-corrected chi connectivity index (χ1v) is 4.13. The number of para-hydroxylation sites is 1. The fraction of sp³-hybridized carbons (Fsp3) is 0. The molecule has 1 aromatic carbocycles. The number of carbonyl (C=O) groups is 1. The number of nitrogens with two attached hydrogens (primary N) is 2. The second-order valence-electron chi connectivity index (χ2n) is 2.98. The van der Waals surface area contributed by atoms with E-state index in [1.54, 1.807) is 18.2 Å². The third-order valence-electron chi connectivity index (χ3n) is 2.01. The Kier molecular flexibility index (Phi) is 1.81. The van der Waals surface area contributed by atoms with E-state index in [4.69, 9.17) is 11.5 Å². The number of benzene rings is 1. The van der Waals surface area contributed by atoms with E-state index in [0.29, 0.717) is 16.9 Å². The summed E-state index contributed by atoms with van der Waals surface area (Å²) in [4.78, 5) is 15.1. The van der Waals surface area contributed by atoms with Gasteiger partial charge in [-0.3, -0.25) is 4.79 Å². The monoisotopic (exact) mass is 187 g/mol. The Morgan fingerprint density at radius 3 is 2.71 bits per heavy atom. The van der Waals surface area contributed by atoms with Crippen molar-refractivity contribution in [2.75, 3.05) is 5.73 Å². The number of nitrogen functional groups attached to an aromatic ring is 1. The van der Waals surface area contributed by atoms with Crippen LogP contribution in [0.1, 0.15) is 10.4 Å². The van der Waals surface area contributed by atoms with Crippen molar-refractivity contribution in [3.05, 3.63) is 35.9 Å². The van der Waals surface area contributed by atoms with Gasteiger partial charge in [-0.2, -0.15) is 0 Å². The Bertz CT molecular complexity index is 508. The Balaban J connectivity index is 2.84. The van der Waals surface area contributed by atoms with Gasteiger partial charge in [0.2, 0.25) is 0 Å². The molecular weight excluding hydrogens is 178 g/mol. The Morgan fingerprint density at radius 1 is 1.21 bits per heavy atom. The maximum absolute atomic E-state index is 11.1. The maximum atomic E-state index is 11.1. The van der Waals surface area contributed by atoms with Crippen LogP contribution in [0.5, 0.6) is 0 Å². The summed E-state index contributed by atoms with van der Waals surface area (Å²) in [5, 5.41) is 0.857. The average molecular weight is 187 g/mol. The summed E-state index contributed by atoms with van der Waals surface area (Å²) in [6.07, 6.45) is 0. The van der Waals surface area contributed by atoms with Gasteiger partial charge in [-0.05, 0) is 18.2 Å². The minimum absolute atomic E-state index is 0.381. The molecule has 1 heterocycles. The molecule has 0 radical (unpaired) electrons. The van der Waals surface area contributed by atoms with E-state index in [0.717, 1.165) is 5.39 Å². The Morgan fingerprint density at radius 2 is 2.00 bits per heavy atom. The molecule has 0 bridgehead atoms. The lowest BCUT2D eigenvalue weighted by Gasteiger charge is -2.02. The molecule has 0 saturated carbocycles. The molecule has 0 aliphatic carbocycles. The predicted octanol–water partition coefficient (Wildman–Crippen LogP) is 0.916. The molecule has 0 fully saturated rings. The highest BCUT2D eigenvalue weighted by Crippen LogP contribution is 2.17. The fourth-order valence-electron chi connectivity index (χ4n) is 1.36. The SMILES string of the molecule is NC(=O)c1cccc2ccc(N)nc12. The maximum Gasteiger partial charge on any atom is 0.250 e. The van der Waals surface area contributed by atoms with Crippen molar-refractivity contribution in [1.29, 1.82) is 0 Å². The van der Waals surface area contributed by atoms with E-state index in [1.807, 2.05) is 12.1 Å². The second kappa shape index (κ2) is 2.99. The smallest absolute Gasteiger partial charge is 0.250 e. The standard InChI is InChI=1S/C10H9N3O/c11-8-5-4-6-2-1-3-7(10(12)14)9(6)13-8/h1-5H,(H2,11,13)(H2,12,14). The first kappa shape index (κ1) is 8.50. The number of anilines is 1. The van der Waals surface area contributed by atoms with Gasteiger partial charge in [0.1, 0.15) is 5.82 Å². The number of amides is 1. The van der Waals surface area contributed by atoms with Gasteiger partial charge in [-0.15, -0.1) is 0 Å². The van der Waals surface area contributed by atoms with Crippen LogP contribution in [0, 0.1) is 0 Å². The Hall–Kier alpha value is -2.10. The summed E-state index contributed by atoms with van der Waals surface area (Å²) in [7, 11) is 0. The van der Waals surface area contributed by atoms with Gasteiger partial charge in [0.05, 0.1) is 11.1 Å². The number of primary amides is 1. The zero-order valence-corrected chi connectivity index (χ0v) is 7.40. The zero-order valence-electron chi connectivity index (χ0n) is 7.40. The number of nitrogens with zero attached hydrogens (tertiary/aromatic N) is 1. The van der Waals surface area contributed by atoms with Crippen molar-refractivity contribution in [2.45, 2.75) is 0 Å². The largest absolute Gasteiger partial charge is 0.384 e. The van der Waals surface area contributed by atoms with Crippen molar-refractivity contribution in [3.63, 3.8) is 0 Å². The number of rotatable bonds is 1. The third-order valence-corrected chi connectivity index (χ3v) is 2.01. The molecule has 0 saturated heterocycles. The first-order chi connectivity index (χ1) is 6.68. The lowest BCUT2D eigenvalue weighted by atomic mass is 10.1. The summed E-state index contributed by atoms with van der Waals surface area (Å²) in [5.74, 6) is -0.111. The molecular formula is C10H9N3O. The van der Waals surface area contributed by atoms with Crippen LogP contribution in [0.25, 0.3) is 10.9 Å². The van der Waals surface area contributed by atoms with Crippen LogP contribution in [0.3, 0.4) is 0 Å². The number of pyridine rings is 1. The van der Waals surface area contributed by atoms with Crippen LogP contribution in [-0.4, -0.2) is 10.9 Å². The van der Waals surface area contributed by atoms with E-state index in [1.165, 1.54) is 0 Å². The van der Waals surface area contributed by atoms with Gasteiger partial charge >= 0.3 is 0 Å². The number of carbonyl (C=O) groups excluding carboxylic acids is 1. The van der Waals surface area contributed by atoms with Crippen LogP contribution < -0.4 is 11.5 Å². The van der Waals surface area contributed by atoms with E-state index in [2.05, 4.69) is 4.98 Å². The van der Waals surface area contributed by atoms with Crippen LogP contribution in [0.15, 0.2) is 30.3 Å². The van der Waals surface area contributed by atoms with Crippen LogP contribution in [0.4, 0.5) is 5.82 Å². The molecule has 0 spiro atoms. The zero-order chi connectivity index (χ0) is 10.1. The summed E-state index contributed by atoms with van der Waals surface area (Å²) in [6, 6.07) is 8.75. The van der Waals surface area contributed by atoms with Crippen molar-refractivity contribution in [2.24, 2.45) is 5.73 Å². The lowest BCUT2D eigenvalue weighted by Crippen LogP contribution is -2.12. The minimum atomic E-state index is -0.492. The van der Waals surface area contributed by atoms with E-state index >= 15 is 0 Å². The van der Waals surface area contributed by atoms with Crippen LogP contribution in [0.2, 0.25) is 0 Å². The molecule has 0 aliphatic rings. The van der Waals surface area contributed by atoms with Gasteiger partial charge in [0.15, 0.2) is 0 Å². The van der Waals surface area contributed by atoms with E-state index in [9.17, 15) is 4.79 Å². The molecule has 0 aliphatic heterocycles. The number of aromatic nitrogens is 1. The van der Waals surface area contributed by atoms with Gasteiger partial charge in [-0.1, -0.05) is 12.1 Å². The van der Waals surface area contributed by atoms with Crippen molar-refractivity contribution < 1.29 is 4.79 Å². The number of hydrogen-bond acceptors (Lipinski definition) is 3. The fourth-order valence-corrected chi connectivity index (χ4v) is 1.36. The quantitative estimate of drug-likeness (QED) is 0.696. The topological polar surface area (TPSA) is 82.0 Å². The van der Waals surface area contributed by atoms with Gasteiger partial charge in [0.25, 0.3) is 5.91 Å². The molecule has 14 heavy (non-hydrogen) atoms. The highest BCUT2D eigenvalue weighted by atomic mass is 16.1. The highest BCUT2D eigenvalue weighted by Gasteiger charge is 2.06. The summed E-state index contributed by atoms with van der Waals surface area (Å²) < 4.78 is 0. The summed E-state index contributed by atoms with van der Waals surface area (Å²) in [5.41, 5.74) is 11.7. The van der Waals surface area contributed by atoms with E-state index in [-0.39, 0.29) is 0 Å². The third kappa shape index (κ3) is 1.26. The van der Waals surface area contributed by atoms with E-state index < -0.39 is 5.91 Å². The number of hydrogen-bond donors (Lipinski definition) is 2. The molecule has 2 aromatic rings. The molecule has 2 rings (SSSR count). The molecule has 70 valence electrons. The average Bonchev–Trinajstić information content (AvgIpc) is 2.16. The molecule has 4 nitrogen and oxygen atoms in total. The molecule has 1 aromatic heterocycles. The predicted molar refractivity (Wildman–Crippen MR) is 54.7 cm³/mol. The summed E-state index contributed by atoms with van der Waals surface area (Å²) >= 11 is 0. The van der Waals surface area contributed by atoms with Crippen molar-refractivity contribution in [3.8, 4) is 0 Å². The minimum Gasteiger partial charge on any atom is -0.384 e. The molecule has 1 amide bonds. The second-order valence-corrected chi connectivity index (χ2v) is 2.98. The molecule has 0 unspecified atom stereocenters. The van der Waals surface area contributed by atoms with Crippen molar-refractivity contribution in [1.82, 2.24) is 4.98 Å². The summed E-state index contributed by atoms with van der Waals surface area (Å²) in [6.45, 7) is 0. The molecule has 0 atom stereocenters. The van der Waals surface area contributed by atoms with Gasteiger partial charge in [0, 0.05) is 5.39 Å². The highest BCUT2D eigenvalue weighted by molar-refractivity contribution is 6.04. The van der Waals surface area contributed by atoms with Crippen LogP contribution in [-0.2, 0) is 0 Å². The first-order valence-electron chi connectivity index (χ1n) is 4.13. The van der Waals surface area contributed by atoms with Gasteiger partial charge in [-0.25, -0.2) is 4.98 Å². The molecule has 4 heteroatoms. The lowest BCUT2D eigenvalue weighted by molar-refractivity contribution is 0.100. The number of fused-ring (bicyclic) bond motifs is 1. The van der Waals surface area contributed by atoms with Gasteiger partial charge < -0.3 is 11.5 Å². The molecule has 4 N–H and O–H groups in total. The van der Waals surface area contributed by atoms with Crippen LogP contribution >= 0.6 is 0 Å². The Labute approximate surface area is 80.5 Å².